The maximum Gasteiger partial charge on any atom is 0.490 e. The molecule has 1 aliphatic heterocycles. The molecule has 0 saturated carbocycles. The van der Waals surface area contributed by atoms with Crippen molar-refractivity contribution < 1.29 is 27.8 Å². The lowest BCUT2D eigenvalue weighted by Gasteiger charge is -2.32. The molecule has 3 aromatic heterocycles. The number of morpholine rings is 1. The lowest BCUT2D eigenvalue weighted by Crippen LogP contribution is -2.43. The highest BCUT2D eigenvalue weighted by Crippen LogP contribution is 2.21. The molecule has 15 heteroatoms. The van der Waals surface area contributed by atoms with Crippen LogP contribution in [0.4, 0.5) is 24.7 Å². The maximum atomic E-state index is 10.6. The highest BCUT2D eigenvalue weighted by Gasteiger charge is 2.38. The molecule has 1 saturated heterocycles. The summed E-state index contributed by atoms with van der Waals surface area (Å²) in [4.78, 5) is 20.0. The van der Waals surface area contributed by atoms with Crippen LogP contribution in [0, 0.1) is 0 Å². The van der Waals surface area contributed by atoms with Gasteiger partial charge in [0.15, 0.2) is 17.0 Å². The molecule has 37 heavy (non-hydrogen) atoms. The van der Waals surface area contributed by atoms with Gasteiger partial charge in [-0.2, -0.15) is 18.3 Å². The second kappa shape index (κ2) is 11.3. The third-order valence-electron chi connectivity index (χ3n) is 5.34. The van der Waals surface area contributed by atoms with Crippen LogP contribution >= 0.6 is 0 Å². The fourth-order valence-electron chi connectivity index (χ4n) is 3.70. The van der Waals surface area contributed by atoms with E-state index >= 15 is 0 Å². The van der Waals surface area contributed by atoms with Gasteiger partial charge in [0.1, 0.15) is 6.33 Å². The SMILES string of the molecule is Cn1cc(CN2CCOC(Cn3nnc4c(Nc5ccccc5)ncnc43)C2)cn1.O=C(O)C(F)(F)F. The molecule has 2 N–H and O–H groups in total. The van der Waals surface area contributed by atoms with Crippen LogP contribution in [0.2, 0.25) is 0 Å². The number of ether oxygens (including phenoxy) is 1. The molecular weight excluding hydrogens is 495 g/mol. The Bertz CT molecular complexity index is 1330. The second-order valence-corrected chi connectivity index (χ2v) is 8.21. The van der Waals surface area contributed by atoms with Crippen molar-refractivity contribution in [1.29, 1.82) is 0 Å². The molecular formula is C22H24F3N9O3. The zero-order valence-corrected chi connectivity index (χ0v) is 19.7. The summed E-state index contributed by atoms with van der Waals surface area (Å²) in [5.41, 5.74) is 3.48. The standard InChI is InChI=1S/C20H23N9O.C2HF3O2/c1-27-10-15(9-23-27)11-28-7-8-30-17(12-28)13-29-20-18(25-26-29)19(21-14-22-20)24-16-5-3-2-4-6-16;3-2(4,5)1(6)7/h2-6,9-10,14,17H,7-8,11-13H2,1H3,(H,21,22,24);(H,6,7). The van der Waals surface area contributed by atoms with Gasteiger partial charge < -0.3 is 15.2 Å². The first-order valence-corrected chi connectivity index (χ1v) is 11.2. The lowest BCUT2D eigenvalue weighted by molar-refractivity contribution is -0.192. The predicted molar refractivity (Wildman–Crippen MR) is 125 cm³/mol. The van der Waals surface area contributed by atoms with E-state index in [9.17, 15) is 13.2 Å². The molecule has 5 rings (SSSR count). The number of halogens is 3. The number of fused-ring (bicyclic) bond motifs is 1. The smallest absolute Gasteiger partial charge is 0.475 e. The van der Waals surface area contributed by atoms with Crippen molar-refractivity contribution in [3.63, 3.8) is 0 Å². The van der Waals surface area contributed by atoms with E-state index in [0.29, 0.717) is 30.1 Å². The molecule has 4 heterocycles. The van der Waals surface area contributed by atoms with E-state index in [1.807, 2.05) is 54.5 Å². The Morgan fingerprint density at radius 2 is 2.00 bits per heavy atom. The van der Waals surface area contributed by atoms with Gasteiger partial charge in [-0.25, -0.2) is 19.4 Å². The fourth-order valence-corrected chi connectivity index (χ4v) is 3.70. The van der Waals surface area contributed by atoms with Crippen LogP contribution in [0.3, 0.4) is 0 Å². The number of aliphatic carboxylic acids is 1. The number of benzene rings is 1. The number of aryl methyl sites for hydroxylation is 1. The van der Waals surface area contributed by atoms with Crippen LogP contribution in [-0.2, 0) is 29.7 Å². The Kier molecular flexibility index (Phi) is 7.93. The minimum Gasteiger partial charge on any atom is -0.475 e. The molecule has 0 aliphatic carbocycles. The number of carbonyl (C=O) groups is 1. The first-order valence-electron chi connectivity index (χ1n) is 11.2. The number of carboxylic acid groups (broad SMARTS) is 1. The molecule has 1 aliphatic rings. The summed E-state index contributed by atoms with van der Waals surface area (Å²) < 4.78 is 41.4. The molecule has 1 unspecified atom stereocenters. The van der Waals surface area contributed by atoms with Crippen molar-refractivity contribution in [2.75, 3.05) is 25.0 Å². The molecule has 4 aromatic rings. The molecule has 0 spiro atoms. The van der Waals surface area contributed by atoms with Gasteiger partial charge >= 0.3 is 12.1 Å². The van der Waals surface area contributed by atoms with Gasteiger partial charge in [-0.3, -0.25) is 9.58 Å². The molecule has 1 atom stereocenters. The number of alkyl halides is 3. The lowest BCUT2D eigenvalue weighted by atomic mass is 10.2. The summed E-state index contributed by atoms with van der Waals surface area (Å²) in [6.45, 7) is 3.85. The van der Waals surface area contributed by atoms with E-state index in [1.54, 1.807) is 4.68 Å². The molecule has 196 valence electrons. The number of anilines is 2. The Balaban J connectivity index is 0.000000405. The number of hydrogen-bond acceptors (Lipinski definition) is 9. The monoisotopic (exact) mass is 519 g/mol. The van der Waals surface area contributed by atoms with Gasteiger partial charge in [-0.15, -0.1) is 5.10 Å². The number of rotatable bonds is 6. The van der Waals surface area contributed by atoms with Gasteiger partial charge in [0.05, 0.1) is 25.5 Å². The summed E-state index contributed by atoms with van der Waals surface area (Å²) in [5.74, 6) is -2.12. The minimum atomic E-state index is -5.08. The summed E-state index contributed by atoms with van der Waals surface area (Å²) in [5, 5.41) is 23.3. The third kappa shape index (κ3) is 6.98. The van der Waals surface area contributed by atoms with E-state index in [1.165, 1.54) is 11.9 Å². The molecule has 12 nitrogen and oxygen atoms in total. The van der Waals surface area contributed by atoms with Crippen LogP contribution in [-0.4, -0.2) is 82.7 Å². The maximum absolute atomic E-state index is 10.6. The molecule has 0 amide bonds. The van der Waals surface area contributed by atoms with Crippen molar-refractivity contribution in [2.24, 2.45) is 7.05 Å². The van der Waals surface area contributed by atoms with E-state index in [4.69, 9.17) is 14.6 Å². The Morgan fingerprint density at radius 1 is 1.24 bits per heavy atom. The average molecular weight is 519 g/mol. The van der Waals surface area contributed by atoms with Crippen LogP contribution in [0.15, 0.2) is 49.1 Å². The van der Waals surface area contributed by atoms with Crippen LogP contribution in [0.25, 0.3) is 11.2 Å². The van der Waals surface area contributed by atoms with Crippen molar-refractivity contribution in [2.45, 2.75) is 25.4 Å². The van der Waals surface area contributed by atoms with E-state index in [0.717, 1.165) is 25.3 Å². The van der Waals surface area contributed by atoms with Gasteiger partial charge in [0.2, 0.25) is 0 Å². The summed E-state index contributed by atoms with van der Waals surface area (Å²) >= 11 is 0. The number of hydrogen-bond donors (Lipinski definition) is 2. The Morgan fingerprint density at radius 3 is 2.68 bits per heavy atom. The second-order valence-electron chi connectivity index (χ2n) is 8.21. The molecule has 0 bridgehead atoms. The van der Waals surface area contributed by atoms with Gasteiger partial charge in [0, 0.05) is 44.1 Å². The van der Waals surface area contributed by atoms with Gasteiger partial charge in [0.25, 0.3) is 0 Å². The van der Waals surface area contributed by atoms with Crippen molar-refractivity contribution in [1.82, 2.24) is 39.6 Å². The van der Waals surface area contributed by atoms with E-state index < -0.39 is 12.1 Å². The number of carboxylic acids is 1. The van der Waals surface area contributed by atoms with Crippen molar-refractivity contribution >= 4 is 28.6 Å². The number of aromatic nitrogens is 7. The fraction of sp³-hybridized carbons (Fsp3) is 0.364. The van der Waals surface area contributed by atoms with Crippen molar-refractivity contribution in [3.8, 4) is 0 Å². The highest BCUT2D eigenvalue weighted by molar-refractivity contribution is 5.84. The number of para-hydroxylation sites is 1. The topological polar surface area (TPSA) is 136 Å². The zero-order valence-electron chi connectivity index (χ0n) is 19.7. The summed E-state index contributed by atoms with van der Waals surface area (Å²) in [6, 6.07) is 9.86. The molecule has 0 radical (unpaired) electrons. The van der Waals surface area contributed by atoms with Crippen LogP contribution in [0.1, 0.15) is 5.56 Å². The van der Waals surface area contributed by atoms with Gasteiger partial charge in [-0.1, -0.05) is 23.4 Å². The quantitative estimate of drug-likeness (QED) is 0.390. The predicted octanol–water partition coefficient (Wildman–Crippen LogP) is 2.23. The summed E-state index contributed by atoms with van der Waals surface area (Å²) in [7, 11) is 1.93. The first kappa shape index (κ1) is 26.0. The van der Waals surface area contributed by atoms with E-state index in [-0.39, 0.29) is 6.10 Å². The first-order chi connectivity index (χ1) is 17.7. The normalized spacial score (nSPS) is 16.3. The zero-order chi connectivity index (χ0) is 26.4. The highest BCUT2D eigenvalue weighted by atomic mass is 19.4. The molecule has 1 fully saturated rings. The largest absolute Gasteiger partial charge is 0.490 e. The average Bonchev–Trinajstić information content (AvgIpc) is 3.46. The molecule has 1 aromatic carbocycles. The third-order valence-corrected chi connectivity index (χ3v) is 5.34. The number of nitrogens with zero attached hydrogens (tertiary/aromatic N) is 8. The van der Waals surface area contributed by atoms with Crippen LogP contribution < -0.4 is 5.32 Å². The van der Waals surface area contributed by atoms with Crippen LogP contribution in [0.5, 0.6) is 0 Å². The van der Waals surface area contributed by atoms with E-state index in [2.05, 4.69) is 35.6 Å². The van der Waals surface area contributed by atoms with Crippen molar-refractivity contribution in [3.05, 3.63) is 54.6 Å². The Hall–Kier alpha value is -4.11. The van der Waals surface area contributed by atoms with Gasteiger partial charge in [-0.05, 0) is 12.1 Å². The number of nitrogens with one attached hydrogen (secondary N) is 1. The minimum absolute atomic E-state index is 0.0146. The Labute approximate surface area is 208 Å². The summed E-state index contributed by atoms with van der Waals surface area (Å²) in [6.07, 6.45) is 0.422.